The first-order valence-electron chi connectivity index (χ1n) is 22.0. The molecular weight excluding hydrogens is 897 g/mol. The maximum absolute atomic E-state index is 12.6. The van der Waals surface area contributed by atoms with E-state index in [1.165, 1.54) is 48.0 Å². The SMILES string of the molecule is COCN1C(=O)N(COC)C2C1N(COC)C(=O)N2COC.COCc1cc(-c2ccc(C(C)(c3cc(COC)c(O)c(COC)c3)c3cc(COC)c(O)c(COC)c3)cc2)cc(COC)c1O. The third-order valence-corrected chi connectivity index (χ3v) is 12.2. The van der Waals surface area contributed by atoms with E-state index in [2.05, 4.69) is 19.1 Å². The lowest BCUT2D eigenvalue weighted by molar-refractivity contribution is -0.0135. The topological polar surface area (TPSA) is 200 Å². The first kappa shape index (κ1) is 54.4. The van der Waals surface area contributed by atoms with Crippen LogP contribution >= 0.6 is 0 Å². The largest absolute Gasteiger partial charge is 0.507 e. The number of hydrogen-bond donors (Lipinski definition) is 3. The summed E-state index contributed by atoms with van der Waals surface area (Å²) in [6, 6.07) is 19.4. The minimum atomic E-state index is -0.784. The maximum atomic E-state index is 12.6. The summed E-state index contributed by atoms with van der Waals surface area (Å²) in [5, 5.41) is 33.0. The summed E-state index contributed by atoms with van der Waals surface area (Å²) in [6.07, 6.45) is -1.05. The lowest BCUT2D eigenvalue weighted by Gasteiger charge is -2.34. The Morgan fingerprint density at radius 3 is 0.899 bits per heavy atom. The molecule has 0 saturated carbocycles. The van der Waals surface area contributed by atoms with Crippen LogP contribution in [0.3, 0.4) is 0 Å². The quantitative estimate of drug-likeness (QED) is 0.0667. The Hall–Kier alpha value is -5.58. The standard InChI is InChI=1S/C38H46O9.C12H22N4O6/c1-38(33-14-28(20-44-4)36(40)29(15-33)21-45-5,34-16-30(22-46-6)37(41)31(17-34)23-47-7)32-10-8-24(9-11-32)25-12-26(18-42-2)35(39)27(13-25)19-43-3;1-19-5-13-9-10(15(7-21-3)11(13)17)16(8-22-4)12(18)14(9)6-20-2/h8-17,39-41H,18-23H2,1-7H3;9-10H,5-8H2,1-4H3. The molecule has 0 unspecified atom stereocenters. The van der Waals surface area contributed by atoms with Gasteiger partial charge in [0, 0.05) is 110 Å². The molecule has 0 bridgehead atoms. The first-order chi connectivity index (χ1) is 33.3. The highest BCUT2D eigenvalue weighted by molar-refractivity contribution is 5.85. The molecular formula is C50H68N4O15. The molecule has 6 rings (SSSR count). The molecule has 3 N–H and O–H groups in total. The van der Waals surface area contributed by atoms with E-state index in [0.29, 0.717) is 33.4 Å². The molecule has 2 aliphatic rings. The molecule has 0 aromatic heterocycles. The molecule has 0 aliphatic carbocycles. The Morgan fingerprint density at radius 2 is 0.652 bits per heavy atom. The highest BCUT2D eigenvalue weighted by Crippen LogP contribution is 2.45. The molecule has 4 amide bonds. The molecule has 69 heavy (non-hydrogen) atoms. The lowest BCUT2D eigenvalue weighted by atomic mass is 9.69. The molecule has 2 fully saturated rings. The Kier molecular flexibility index (Phi) is 20.0. The Bertz CT molecular complexity index is 2110. The number of rotatable bonds is 24. The fraction of sp³-hybridized carbons (Fsp3) is 0.480. The van der Waals surface area contributed by atoms with Crippen LogP contribution in [-0.2, 0) is 92.4 Å². The van der Waals surface area contributed by atoms with Gasteiger partial charge in [0.15, 0.2) is 12.3 Å². The number of hydrogen-bond acceptors (Lipinski definition) is 15. The van der Waals surface area contributed by atoms with Crippen LogP contribution in [0.2, 0.25) is 0 Å². The number of aromatic hydroxyl groups is 3. The Balaban J connectivity index is 0.000000336. The summed E-state index contributed by atoms with van der Waals surface area (Å²) in [7, 11) is 15.5. The van der Waals surface area contributed by atoms with Gasteiger partial charge in [0.05, 0.1) is 39.6 Å². The van der Waals surface area contributed by atoms with Crippen LogP contribution in [0.15, 0.2) is 60.7 Å². The van der Waals surface area contributed by atoms with Gasteiger partial charge in [0.25, 0.3) is 0 Å². The number of benzene rings is 4. The number of phenols is 3. The minimum absolute atomic E-state index is 0.0640. The molecule has 2 heterocycles. The predicted molar refractivity (Wildman–Crippen MR) is 253 cm³/mol. The number of amides is 4. The number of phenolic OH excluding ortho intramolecular Hbond substituents is 3. The molecule has 0 spiro atoms. The van der Waals surface area contributed by atoms with Gasteiger partial charge in [-0.05, 0) is 71.1 Å². The highest BCUT2D eigenvalue weighted by atomic mass is 16.5. The third kappa shape index (κ3) is 11.6. The van der Waals surface area contributed by atoms with Crippen LogP contribution in [0.4, 0.5) is 9.59 Å². The summed E-state index contributed by atoms with van der Waals surface area (Å²) in [5.74, 6) is 0.429. The van der Waals surface area contributed by atoms with Crippen molar-refractivity contribution in [3.05, 3.63) is 111 Å². The second-order valence-electron chi connectivity index (χ2n) is 16.7. The number of fused-ring (bicyclic) bond motifs is 1. The highest BCUT2D eigenvalue weighted by Gasteiger charge is 2.59. The minimum Gasteiger partial charge on any atom is -0.507 e. The van der Waals surface area contributed by atoms with Crippen molar-refractivity contribution in [2.24, 2.45) is 0 Å². The molecule has 378 valence electrons. The van der Waals surface area contributed by atoms with Crippen molar-refractivity contribution in [3.8, 4) is 28.4 Å². The lowest BCUT2D eigenvalue weighted by Crippen LogP contribution is -2.48. The predicted octanol–water partition coefficient (Wildman–Crippen LogP) is 6.23. The van der Waals surface area contributed by atoms with E-state index in [-0.39, 0.29) is 95.9 Å². The Labute approximate surface area is 404 Å². The van der Waals surface area contributed by atoms with E-state index < -0.39 is 17.7 Å². The van der Waals surface area contributed by atoms with Crippen LogP contribution in [-0.4, -0.2) is 157 Å². The Morgan fingerprint density at radius 1 is 0.391 bits per heavy atom. The van der Waals surface area contributed by atoms with E-state index in [1.54, 1.807) is 42.7 Å². The van der Waals surface area contributed by atoms with Crippen LogP contribution in [0.5, 0.6) is 17.2 Å². The molecule has 0 radical (unpaired) electrons. The van der Waals surface area contributed by atoms with Crippen molar-refractivity contribution in [3.63, 3.8) is 0 Å². The molecule has 0 atom stereocenters. The average Bonchev–Trinajstić information content (AvgIpc) is 3.75. The van der Waals surface area contributed by atoms with Crippen LogP contribution in [0.25, 0.3) is 11.1 Å². The number of ether oxygens (including phenoxy) is 10. The summed E-state index contributed by atoms with van der Waals surface area (Å²) in [5.41, 5.74) is 7.71. The van der Waals surface area contributed by atoms with Gasteiger partial charge in [0.2, 0.25) is 0 Å². The summed E-state index contributed by atoms with van der Waals surface area (Å²) >= 11 is 0. The first-order valence-corrected chi connectivity index (χ1v) is 22.0. The van der Waals surface area contributed by atoms with Gasteiger partial charge in [0.1, 0.15) is 44.2 Å². The summed E-state index contributed by atoms with van der Waals surface area (Å²) < 4.78 is 52.9. The molecule has 4 aromatic rings. The number of urea groups is 2. The van der Waals surface area contributed by atoms with Gasteiger partial charge in [-0.3, -0.25) is 19.6 Å². The van der Waals surface area contributed by atoms with E-state index in [1.807, 2.05) is 48.5 Å². The van der Waals surface area contributed by atoms with Crippen molar-refractivity contribution in [2.45, 2.75) is 64.3 Å². The smallest absolute Gasteiger partial charge is 0.327 e. The molecule has 2 saturated heterocycles. The van der Waals surface area contributed by atoms with E-state index in [4.69, 9.17) is 47.4 Å². The average molecular weight is 965 g/mol. The van der Waals surface area contributed by atoms with Gasteiger partial charge >= 0.3 is 12.1 Å². The van der Waals surface area contributed by atoms with Crippen LogP contribution in [0.1, 0.15) is 57.0 Å². The number of nitrogens with zero attached hydrogens (tertiary/aromatic N) is 4. The van der Waals surface area contributed by atoms with Crippen molar-refractivity contribution in [2.75, 3.05) is 98.0 Å². The second-order valence-corrected chi connectivity index (χ2v) is 16.7. The summed E-state index contributed by atoms with van der Waals surface area (Å²) in [6.45, 7) is 3.73. The van der Waals surface area contributed by atoms with Crippen molar-refractivity contribution in [1.82, 2.24) is 19.6 Å². The van der Waals surface area contributed by atoms with E-state index in [9.17, 15) is 24.9 Å². The molecule has 2 aliphatic heterocycles. The van der Waals surface area contributed by atoms with Crippen molar-refractivity contribution in [1.29, 1.82) is 0 Å². The van der Waals surface area contributed by atoms with Gasteiger partial charge in [-0.25, -0.2) is 9.59 Å². The number of carbonyl (C=O) groups is 2. The van der Waals surface area contributed by atoms with E-state index >= 15 is 0 Å². The van der Waals surface area contributed by atoms with Crippen molar-refractivity contribution >= 4 is 12.1 Å². The van der Waals surface area contributed by atoms with Crippen LogP contribution < -0.4 is 0 Å². The van der Waals surface area contributed by atoms with Gasteiger partial charge in [-0.15, -0.1) is 0 Å². The van der Waals surface area contributed by atoms with Gasteiger partial charge < -0.3 is 62.7 Å². The summed E-state index contributed by atoms with van der Waals surface area (Å²) in [4.78, 5) is 31.0. The fourth-order valence-corrected chi connectivity index (χ4v) is 8.96. The van der Waals surface area contributed by atoms with Gasteiger partial charge in [-0.2, -0.15) is 0 Å². The van der Waals surface area contributed by atoms with Crippen molar-refractivity contribution < 1.29 is 72.3 Å². The van der Waals surface area contributed by atoms with Crippen LogP contribution in [0, 0.1) is 0 Å². The third-order valence-electron chi connectivity index (χ3n) is 12.2. The number of carbonyl (C=O) groups excluding carboxylic acids is 2. The van der Waals surface area contributed by atoms with Gasteiger partial charge in [-0.1, -0.05) is 24.3 Å². The normalized spacial score (nSPS) is 15.9. The second kappa shape index (κ2) is 25.3. The molecule has 19 nitrogen and oxygen atoms in total. The monoisotopic (exact) mass is 964 g/mol. The zero-order valence-corrected chi connectivity index (χ0v) is 41.5. The maximum Gasteiger partial charge on any atom is 0.327 e. The molecule has 19 heteroatoms. The zero-order chi connectivity index (χ0) is 50.4. The number of methoxy groups -OCH3 is 10. The fourth-order valence-electron chi connectivity index (χ4n) is 8.96. The zero-order valence-electron chi connectivity index (χ0n) is 41.5. The van der Waals surface area contributed by atoms with E-state index in [0.717, 1.165) is 27.8 Å². The molecule has 4 aromatic carbocycles.